The molecule has 0 unspecified atom stereocenters. The van der Waals surface area contributed by atoms with Crippen molar-refractivity contribution < 1.29 is 24.2 Å². The van der Waals surface area contributed by atoms with Gasteiger partial charge in [-0.15, -0.1) is 0 Å². The Morgan fingerprint density at radius 2 is 1.71 bits per heavy atom. The van der Waals surface area contributed by atoms with E-state index in [2.05, 4.69) is 10.6 Å². The molecule has 0 aromatic heterocycles. The van der Waals surface area contributed by atoms with Crippen molar-refractivity contribution >= 4 is 29.3 Å². The zero-order valence-corrected chi connectivity index (χ0v) is 15.9. The van der Waals surface area contributed by atoms with E-state index in [1.165, 1.54) is 12.1 Å². The number of nitrogen functional groups attached to an aromatic ring is 1. The van der Waals surface area contributed by atoms with Gasteiger partial charge in [0.05, 0.1) is 11.1 Å². The van der Waals surface area contributed by atoms with Gasteiger partial charge in [-0.1, -0.05) is 12.1 Å². The van der Waals surface area contributed by atoms with Gasteiger partial charge < -0.3 is 26.2 Å². The summed E-state index contributed by atoms with van der Waals surface area (Å²) >= 11 is 0. The lowest BCUT2D eigenvalue weighted by atomic mass is 10.1. The largest absolute Gasteiger partial charge is 0.478 e. The third-order valence-electron chi connectivity index (χ3n) is 3.63. The zero-order chi connectivity index (χ0) is 20.9. The molecule has 0 aliphatic rings. The number of aromatic carboxylic acids is 1. The Bertz CT molecular complexity index is 903. The molecule has 0 aliphatic carbocycles. The van der Waals surface area contributed by atoms with E-state index in [4.69, 9.17) is 10.5 Å². The summed E-state index contributed by atoms with van der Waals surface area (Å²) in [6.07, 6.45) is -0.586. The Balaban J connectivity index is 2.12. The summed E-state index contributed by atoms with van der Waals surface area (Å²) in [5.41, 5.74) is 6.68. The molecule has 148 valence electrons. The Morgan fingerprint density at radius 3 is 2.32 bits per heavy atom. The first kappa shape index (κ1) is 20.8. The number of benzene rings is 2. The third kappa shape index (κ3) is 5.73. The van der Waals surface area contributed by atoms with Crippen molar-refractivity contribution in [1.29, 1.82) is 0 Å². The molecule has 0 heterocycles. The van der Waals surface area contributed by atoms with E-state index in [1.54, 1.807) is 51.1 Å². The fourth-order valence-corrected chi connectivity index (χ4v) is 2.38. The van der Waals surface area contributed by atoms with Gasteiger partial charge in [0.15, 0.2) is 0 Å². The van der Waals surface area contributed by atoms with Crippen LogP contribution in [-0.4, -0.2) is 28.7 Å². The average Bonchev–Trinajstić information content (AvgIpc) is 2.60. The number of hydrogen-bond donors (Lipinski definition) is 4. The molecule has 5 N–H and O–H groups in total. The minimum Gasteiger partial charge on any atom is -0.478 e. The van der Waals surface area contributed by atoms with Crippen LogP contribution in [0.3, 0.4) is 0 Å². The molecule has 0 saturated heterocycles. The molecule has 0 aliphatic heterocycles. The van der Waals surface area contributed by atoms with Crippen LogP contribution in [0.2, 0.25) is 0 Å². The maximum Gasteiger partial charge on any atom is 0.407 e. The topological polar surface area (TPSA) is 131 Å². The van der Waals surface area contributed by atoms with Gasteiger partial charge in [0.1, 0.15) is 5.60 Å². The summed E-state index contributed by atoms with van der Waals surface area (Å²) in [4.78, 5) is 35.5. The first-order chi connectivity index (χ1) is 13.1. The second kappa shape index (κ2) is 8.43. The second-order valence-electron chi connectivity index (χ2n) is 7.07. The molecule has 0 atom stereocenters. The number of carboxylic acids is 1. The Hall–Kier alpha value is -3.55. The third-order valence-corrected chi connectivity index (χ3v) is 3.63. The second-order valence-corrected chi connectivity index (χ2v) is 7.07. The van der Waals surface area contributed by atoms with Crippen LogP contribution in [0.25, 0.3) is 0 Å². The number of carboxylic acid groups (broad SMARTS) is 1. The van der Waals surface area contributed by atoms with Gasteiger partial charge in [-0.2, -0.15) is 0 Å². The minimum atomic E-state index is -1.19. The number of anilines is 2. The summed E-state index contributed by atoms with van der Waals surface area (Å²) in [5.74, 6) is -1.75. The summed E-state index contributed by atoms with van der Waals surface area (Å²) in [7, 11) is 0. The van der Waals surface area contributed by atoms with Crippen molar-refractivity contribution in [2.45, 2.75) is 32.9 Å². The number of carbonyl (C=O) groups is 3. The van der Waals surface area contributed by atoms with Crippen molar-refractivity contribution in [3.05, 3.63) is 59.2 Å². The van der Waals surface area contributed by atoms with Crippen LogP contribution in [0.15, 0.2) is 42.5 Å². The maximum absolute atomic E-state index is 12.5. The Labute approximate surface area is 162 Å². The molecule has 0 saturated carbocycles. The van der Waals surface area contributed by atoms with E-state index in [0.717, 1.165) is 0 Å². The SMILES string of the molecule is CC(C)(C)OC(=O)NCc1cc(NC(=O)c2ccccc2C(=O)O)ccc1N. The predicted octanol–water partition coefficient (Wildman–Crippen LogP) is 3.24. The van der Waals surface area contributed by atoms with Crippen LogP contribution < -0.4 is 16.4 Å². The molecule has 2 rings (SSSR count). The van der Waals surface area contributed by atoms with Crippen LogP contribution in [0.1, 0.15) is 47.1 Å². The molecule has 2 aromatic carbocycles. The molecule has 0 bridgehead atoms. The van der Waals surface area contributed by atoms with Crippen LogP contribution >= 0.6 is 0 Å². The molecule has 0 spiro atoms. The molecule has 0 fully saturated rings. The van der Waals surface area contributed by atoms with E-state index in [0.29, 0.717) is 16.9 Å². The molecule has 8 heteroatoms. The van der Waals surface area contributed by atoms with Gasteiger partial charge in [0.25, 0.3) is 5.91 Å². The van der Waals surface area contributed by atoms with Crippen molar-refractivity contribution in [1.82, 2.24) is 5.32 Å². The predicted molar refractivity (Wildman–Crippen MR) is 105 cm³/mol. The number of carbonyl (C=O) groups excluding carboxylic acids is 2. The lowest BCUT2D eigenvalue weighted by Gasteiger charge is -2.20. The van der Waals surface area contributed by atoms with Gasteiger partial charge in [-0.3, -0.25) is 4.79 Å². The first-order valence-electron chi connectivity index (χ1n) is 8.56. The summed E-state index contributed by atoms with van der Waals surface area (Å²) in [6, 6.07) is 10.7. The molecule has 0 radical (unpaired) electrons. The van der Waals surface area contributed by atoms with E-state index in [-0.39, 0.29) is 17.7 Å². The average molecular weight is 385 g/mol. The number of rotatable bonds is 5. The quantitative estimate of drug-likeness (QED) is 0.585. The van der Waals surface area contributed by atoms with Crippen LogP contribution in [0.5, 0.6) is 0 Å². The molecular formula is C20H23N3O5. The van der Waals surface area contributed by atoms with Crippen LogP contribution in [0.4, 0.5) is 16.2 Å². The highest BCUT2D eigenvalue weighted by Gasteiger charge is 2.17. The fourth-order valence-electron chi connectivity index (χ4n) is 2.38. The van der Waals surface area contributed by atoms with Crippen molar-refractivity contribution in [2.24, 2.45) is 0 Å². The minimum absolute atomic E-state index is 0.0419. The number of hydrogen-bond acceptors (Lipinski definition) is 5. The van der Waals surface area contributed by atoms with E-state index in [1.807, 2.05) is 0 Å². The van der Waals surface area contributed by atoms with Crippen LogP contribution in [-0.2, 0) is 11.3 Å². The Morgan fingerprint density at radius 1 is 1.07 bits per heavy atom. The van der Waals surface area contributed by atoms with Crippen molar-refractivity contribution in [3.8, 4) is 0 Å². The van der Waals surface area contributed by atoms with Crippen molar-refractivity contribution in [3.63, 3.8) is 0 Å². The molecule has 28 heavy (non-hydrogen) atoms. The van der Waals surface area contributed by atoms with Crippen molar-refractivity contribution in [2.75, 3.05) is 11.1 Å². The normalized spacial score (nSPS) is 10.8. The fraction of sp³-hybridized carbons (Fsp3) is 0.250. The standard InChI is InChI=1S/C20H23N3O5/c1-20(2,3)28-19(27)22-11-12-10-13(8-9-16(12)21)23-17(24)14-6-4-5-7-15(14)18(25)26/h4-10H,11,21H2,1-3H3,(H,22,27)(H,23,24)(H,25,26). The number of alkyl carbamates (subject to hydrolysis) is 1. The van der Waals surface area contributed by atoms with E-state index >= 15 is 0 Å². The van der Waals surface area contributed by atoms with Gasteiger partial charge in [0.2, 0.25) is 0 Å². The zero-order valence-electron chi connectivity index (χ0n) is 15.9. The molecule has 2 amide bonds. The smallest absolute Gasteiger partial charge is 0.407 e. The summed E-state index contributed by atoms with van der Waals surface area (Å²) < 4.78 is 5.17. The van der Waals surface area contributed by atoms with Gasteiger partial charge >= 0.3 is 12.1 Å². The summed E-state index contributed by atoms with van der Waals surface area (Å²) in [5, 5.41) is 14.5. The number of amides is 2. The highest BCUT2D eigenvalue weighted by atomic mass is 16.6. The van der Waals surface area contributed by atoms with E-state index in [9.17, 15) is 19.5 Å². The molecular weight excluding hydrogens is 362 g/mol. The lowest BCUT2D eigenvalue weighted by molar-refractivity contribution is 0.0523. The number of nitrogens with two attached hydrogens (primary N) is 1. The first-order valence-corrected chi connectivity index (χ1v) is 8.56. The van der Waals surface area contributed by atoms with Crippen LogP contribution in [0, 0.1) is 0 Å². The highest BCUT2D eigenvalue weighted by Crippen LogP contribution is 2.20. The lowest BCUT2D eigenvalue weighted by Crippen LogP contribution is -2.32. The molecule has 8 nitrogen and oxygen atoms in total. The van der Waals surface area contributed by atoms with Gasteiger partial charge in [-0.25, -0.2) is 9.59 Å². The highest BCUT2D eigenvalue weighted by molar-refractivity contribution is 6.10. The molecule has 2 aromatic rings. The monoisotopic (exact) mass is 385 g/mol. The van der Waals surface area contributed by atoms with Gasteiger partial charge in [0, 0.05) is 17.9 Å². The van der Waals surface area contributed by atoms with E-state index < -0.39 is 23.6 Å². The number of nitrogens with one attached hydrogen (secondary N) is 2. The summed E-state index contributed by atoms with van der Waals surface area (Å²) in [6.45, 7) is 5.38. The number of ether oxygens (including phenoxy) is 1. The Kier molecular flexibility index (Phi) is 6.25. The van der Waals surface area contributed by atoms with Gasteiger partial charge in [-0.05, 0) is 56.7 Å². The maximum atomic E-state index is 12.5.